The molecule has 0 aromatic heterocycles. The predicted molar refractivity (Wildman–Crippen MR) is 90.6 cm³/mol. The van der Waals surface area contributed by atoms with Crippen molar-refractivity contribution in [2.24, 2.45) is 5.84 Å². The van der Waals surface area contributed by atoms with E-state index in [1.165, 1.54) is 0 Å². The molecular weight excluding hydrogens is 330 g/mol. The number of carbonyl (C=O) groups is 1. The predicted octanol–water partition coefficient (Wildman–Crippen LogP) is 2.47. The lowest BCUT2D eigenvalue weighted by Gasteiger charge is -2.13. The van der Waals surface area contributed by atoms with Crippen molar-refractivity contribution in [2.45, 2.75) is 13.8 Å². The monoisotopic (exact) mass is 345 g/mol. The van der Waals surface area contributed by atoms with E-state index in [4.69, 9.17) is 5.84 Å². The number of nitrogens with one attached hydrogen (secondary N) is 2. The average molecular weight is 345 g/mol. The molecule has 10 nitrogen and oxygen atoms in total. The highest BCUT2D eigenvalue weighted by molar-refractivity contribution is 5.97. The minimum absolute atomic E-state index is 0.284. The number of amides is 1. The van der Waals surface area contributed by atoms with Crippen LogP contribution in [0.3, 0.4) is 0 Å². The van der Waals surface area contributed by atoms with Crippen molar-refractivity contribution in [2.75, 3.05) is 5.32 Å². The van der Waals surface area contributed by atoms with E-state index in [0.717, 1.165) is 23.3 Å². The van der Waals surface area contributed by atoms with E-state index >= 15 is 0 Å². The van der Waals surface area contributed by atoms with Crippen LogP contribution in [0.5, 0.6) is 0 Å². The van der Waals surface area contributed by atoms with Crippen LogP contribution < -0.4 is 16.6 Å². The first-order chi connectivity index (χ1) is 11.8. The van der Waals surface area contributed by atoms with E-state index in [-0.39, 0.29) is 11.3 Å². The smallest absolute Gasteiger partial charge is 0.300 e. The van der Waals surface area contributed by atoms with E-state index < -0.39 is 27.1 Å². The Labute approximate surface area is 141 Å². The van der Waals surface area contributed by atoms with Gasteiger partial charge in [0.1, 0.15) is 0 Å². The molecule has 0 bridgehead atoms. The molecule has 1 amide bonds. The number of nitrogens with zero attached hydrogens (tertiary/aromatic N) is 2. The Hall–Kier alpha value is -3.53. The van der Waals surface area contributed by atoms with Gasteiger partial charge in [0.2, 0.25) is 0 Å². The van der Waals surface area contributed by atoms with Crippen LogP contribution in [-0.4, -0.2) is 15.8 Å². The summed E-state index contributed by atoms with van der Waals surface area (Å²) in [5.74, 6) is 4.13. The second-order valence-corrected chi connectivity index (χ2v) is 5.27. The van der Waals surface area contributed by atoms with E-state index in [1.54, 1.807) is 37.5 Å². The van der Waals surface area contributed by atoms with Gasteiger partial charge in [-0.2, -0.15) is 0 Å². The third-order valence-electron chi connectivity index (χ3n) is 3.61. The van der Waals surface area contributed by atoms with Crippen LogP contribution in [0.15, 0.2) is 30.3 Å². The molecule has 10 heteroatoms. The summed E-state index contributed by atoms with van der Waals surface area (Å²) in [5.41, 5.74) is 2.04. The van der Waals surface area contributed by atoms with Gasteiger partial charge in [0.25, 0.3) is 5.91 Å². The second kappa shape index (κ2) is 6.93. The molecule has 0 aliphatic carbocycles. The molecule has 0 aliphatic rings. The fraction of sp³-hybridized carbons (Fsp3) is 0.133. The lowest BCUT2D eigenvalue weighted by Crippen LogP contribution is -2.30. The molecule has 0 radical (unpaired) electrons. The number of hydrazine groups is 1. The summed E-state index contributed by atoms with van der Waals surface area (Å²) in [5, 5.41) is 25.6. The van der Waals surface area contributed by atoms with E-state index in [2.05, 4.69) is 5.32 Å². The maximum absolute atomic E-state index is 11.6. The number of rotatable bonds is 5. The molecule has 0 saturated carbocycles. The zero-order chi connectivity index (χ0) is 18.7. The minimum Gasteiger partial charge on any atom is -0.344 e. The van der Waals surface area contributed by atoms with Crippen LogP contribution >= 0.6 is 0 Å². The standard InChI is InChI=1S/C15H15N5O5/c1-8-4-3-5-9(2)13(8)17-14-11(19(22)23)6-10(15(21)18-16)7-12(14)20(24)25/h3-7,17H,16H2,1-2H3,(H,18,21). The zero-order valence-electron chi connectivity index (χ0n) is 13.4. The number of nitro groups is 2. The third-order valence-corrected chi connectivity index (χ3v) is 3.61. The fourth-order valence-corrected chi connectivity index (χ4v) is 2.38. The van der Waals surface area contributed by atoms with Crippen molar-refractivity contribution in [1.29, 1.82) is 0 Å². The van der Waals surface area contributed by atoms with Gasteiger partial charge in [0.15, 0.2) is 5.69 Å². The van der Waals surface area contributed by atoms with Gasteiger partial charge in [-0.3, -0.25) is 30.4 Å². The molecule has 0 fully saturated rings. The van der Waals surface area contributed by atoms with Crippen LogP contribution in [0.2, 0.25) is 0 Å². The number of nitrogen functional groups attached to an aromatic ring is 1. The van der Waals surface area contributed by atoms with Gasteiger partial charge in [0, 0.05) is 17.8 Å². The van der Waals surface area contributed by atoms with Gasteiger partial charge in [-0.05, 0) is 25.0 Å². The molecule has 0 heterocycles. The molecule has 25 heavy (non-hydrogen) atoms. The van der Waals surface area contributed by atoms with Crippen LogP contribution in [0.25, 0.3) is 0 Å². The first kappa shape index (κ1) is 17.8. The van der Waals surface area contributed by atoms with Gasteiger partial charge < -0.3 is 5.32 Å². The minimum atomic E-state index is -0.871. The van der Waals surface area contributed by atoms with E-state index in [9.17, 15) is 25.0 Å². The van der Waals surface area contributed by atoms with Crippen LogP contribution in [-0.2, 0) is 0 Å². The summed E-state index contributed by atoms with van der Waals surface area (Å²) in [4.78, 5) is 32.8. The highest BCUT2D eigenvalue weighted by Crippen LogP contribution is 2.39. The normalized spacial score (nSPS) is 10.2. The van der Waals surface area contributed by atoms with Crippen molar-refractivity contribution in [1.82, 2.24) is 5.43 Å². The highest BCUT2D eigenvalue weighted by Gasteiger charge is 2.29. The summed E-state index contributed by atoms with van der Waals surface area (Å²) < 4.78 is 0. The molecule has 0 saturated heterocycles. The Balaban J connectivity index is 2.72. The zero-order valence-corrected chi connectivity index (χ0v) is 13.4. The quantitative estimate of drug-likeness (QED) is 0.325. The van der Waals surface area contributed by atoms with E-state index in [0.29, 0.717) is 5.69 Å². The van der Waals surface area contributed by atoms with Crippen LogP contribution in [0.1, 0.15) is 21.5 Å². The van der Waals surface area contributed by atoms with Gasteiger partial charge in [-0.15, -0.1) is 0 Å². The molecule has 0 spiro atoms. The number of benzene rings is 2. The molecule has 2 aromatic rings. The molecule has 130 valence electrons. The Morgan fingerprint density at radius 1 is 1.00 bits per heavy atom. The number of hydrogen-bond donors (Lipinski definition) is 3. The summed E-state index contributed by atoms with van der Waals surface area (Å²) in [6.45, 7) is 3.53. The van der Waals surface area contributed by atoms with Crippen LogP contribution in [0, 0.1) is 34.1 Å². The number of nitrogens with two attached hydrogens (primary N) is 1. The Morgan fingerprint density at radius 3 is 1.88 bits per heavy atom. The molecule has 2 aromatic carbocycles. The van der Waals surface area contributed by atoms with Gasteiger partial charge in [0.05, 0.1) is 15.4 Å². The van der Waals surface area contributed by atoms with Gasteiger partial charge in [-0.1, -0.05) is 18.2 Å². The molecular formula is C15H15N5O5. The van der Waals surface area contributed by atoms with E-state index in [1.807, 2.05) is 0 Å². The Bertz CT molecular complexity index is 825. The number of hydrogen-bond acceptors (Lipinski definition) is 7. The Morgan fingerprint density at radius 2 is 1.48 bits per heavy atom. The van der Waals surface area contributed by atoms with Crippen LogP contribution in [0.4, 0.5) is 22.7 Å². The number of aryl methyl sites for hydroxylation is 2. The van der Waals surface area contributed by atoms with Gasteiger partial charge in [-0.25, -0.2) is 5.84 Å². The maximum Gasteiger partial charge on any atom is 0.300 e. The molecule has 2 rings (SSSR count). The fourth-order valence-electron chi connectivity index (χ4n) is 2.38. The first-order valence-electron chi connectivity index (χ1n) is 7.07. The molecule has 0 aliphatic heterocycles. The first-order valence-corrected chi connectivity index (χ1v) is 7.07. The SMILES string of the molecule is Cc1cccc(C)c1Nc1c([N+](=O)[O-])cc(C(=O)NN)cc1[N+](=O)[O-]. The summed E-state index contributed by atoms with van der Waals surface area (Å²) in [6.07, 6.45) is 0. The highest BCUT2D eigenvalue weighted by atomic mass is 16.6. The van der Waals surface area contributed by atoms with Crippen molar-refractivity contribution >= 4 is 28.7 Å². The number of nitro benzene ring substituents is 2. The summed E-state index contributed by atoms with van der Waals surface area (Å²) >= 11 is 0. The summed E-state index contributed by atoms with van der Waals surface area (Å²) in [7, 11) is 0. The number of anilines is 2. The maximum atomic E-state index is 11.6. The topological polar surface area (TPSA) is 153 Å². The molecule has 4 N–H and O–H groups in total. The number of para-hydroxylation sites is 1. The lowest BCUT2D eigenvalue weighted by atomic mass is 10.1. The third kappa shape index (κ3) is 3.53. The molecule has 0 atom stereocenters. The lowest BCUT2D eigenvalue weighted by molar-refractivity contribution is -0.392. The average Bonchev–Trinajstić information content (AvgIpc) is 2.56. The van der Waals surface area contributed by atoms with Crippen molar-refractivity contribution in [3.63, 3.8) is 0 Å². The van der Waals surface area contributed by atoms with Gasteiger partial charge >= 0.3 is 11.4 Å². The Kier molecular flexibility index (Phi) is 4.94. The second-order valence-electron chi connectivity index (χ2n) is 5.27. The van der Waals surface area contributed by atoms with Crippen molar-refractivity contribution in [3.05, 3.63) is 67.3 Å². The number of carbonyl (C=O) groups excluding carboxylic acids is 1. The molecule has 0 unspecified atom stereocenters. The largest absolute Gasteiger partial charge is 0.344 e. The van der Waals surface area contributed by atoms with Crippen molar-refractivity contribution in [3.8, 4) is 0 Å². The summed E-state index contributed by atoms with van der Waals surface area (Å²) in [6, 6.07) is 7.20. The van der Waals surface area contributed by atoms with Crippen molar-refractivity contribution < 1.29 is 14.6 Å².